The molecule has 0 bridgehead atoms. The molecule has 1 aromatic rings. The van der Waals surface area contributed by atoms with Crippen LogP contribution in [0.15, 0.2) is 22.7 Å². The molecule has 1 aromatic heterocycles. The second-order valence-corrected chi connectivity index (χ2v) is 2.73. The van der Waals surface area contributed by atoms with Crippen molar-refractivity contribution in [2.24, 2.45) is 0 Å². The molecule has 0 spiro atoms. The zero-order valence-electron chi connectivity index (χ0n) is 9.56. The van der Waals surface area contributed by atoms with Crippen molar-refractivity contribution >= 4 is 15.9 Å². The first-order valence-corrected chi connectivity index (χ1v) is 4.12. The van der Waals surface area contributed by atoms with Gasteiger partial charge in [-0.1, -0.05) is 15.9 Å². The molecule has 0 unspecified atom stereocenters. The van der Waals surface area contributed by atoms with Gasteiger partial charge >= 0.3 is 0 Å². The quantitative estimate of drug-likeness (QED) is 0.746. The van der Waals surface area contributed by atoms with Gasteiger partial charge in [-0.15, -0.1) is 0 Å². The topological polar surface area (TPSA) is 31.4 Å². The lowest BCUT2D eigenvalue weighted by atomic mass is 10.5. The molecule has 3 nitrogen and oxygen atoms in total. The summed E-state index contributed by atoms with van der Waals surface area (Å²) in [6.45, 7) is 0.646. The normalized spacial score (nSPS) is 13.3. The first kappa shape index (κ1) is 5.94. The predicted octanol–water partition coefficient (Wildman–Crippen LogP) is 1.87. The van der Waals surface area contributed by atoms with Crippen LogP contribution in [-0.2, 0) is 4.74 Å². The molecule has 0 aliphatic heterocycles. The third-order valence-corrected chi connectivity index (χ3v) is 1.46. The Hall–Kier alpha value is -0.610. The number of methoxy groups -OCH3 is 1. The molecule has 0 N–H and O–H groups in total. The highest BCUT2D eigenvalue weighted by Gasteiger charge is 1.94. The van der Waals surface area contributed by atoms with Gasteiger partial charge in [-0.3, -0.25) is 0 Å². The fourth-order valence-electron chi connectivity index (χ4n) is 0.571. The van der Waals surface area contributed by atoms with Gasteiger partial charge in [-0.25, -0.2) is 4.98 Å². The number of halogens is 1. The highest BCUT2D eigenvalue weighted by Crippen LogP contribution is 2.14. The summed E-state index contributed by atoms with van der Waals surface area (Å²) < 4.78 is 32.5. The molecule has 0 radical (unpaired) electrons. The number of rotatable bonds is 4. The lowest BCUT2D eigenvalue weighted by Gasteiger charge is -2.03. The standard InChI is InChI=1S/C8H10BrNO2/c1-11-4-5-12-8-6-7(9)2-3-10-8/h2-3,6H,4-5H2,1H3/i2D,3D,6D. The van der Waals surface area contributed by atoms with E-state index in [0.29, 0.717) is 6.61 Å². The van der Waals surface area contributed by atoms with Gasteiger partial charge in [0.2, 0.25) is 5.88 Å². The zero-order chi connectivity index (χ0) is 11.4. The molecule has 0 fully saturated rings. The van der Waals surface area contributed by atoms with Crippen LogP contribution < -0.4 is 4.74 Å². The number of ether oxygens (including phenoxy) is 2. The van der Waals surface area contributed by atoms with E-state index in [1.165, 1.54) is 7.11 Å². The lowest BCUT2D eigenvalue weighted by Crippen LogP contribution is -2.04. The average molecular weight is 235 g/mol. The van der Waals surface area contributed by atoms with Gasteiger partial charge in [0.05, 0.1) is 10.7 Å². The Morgan fingerprint density at radius 2 is 2.50 bits per heavy atom. The molecule has 0 aliphatic rings. The van der Waals surface area contributed by atoms with Crippen molar-refractivity contribution < 1.29 is 13.6 Å². The van der Waals surface area contributed by atoms with E-state index in [1.807, 2.05) is 0 Å². The summed E-state index contributed by atoms with van der Waals surface area (Å²) in [6.07, 6.45) is -0.217. The Kier molecular flexibility index (Phi) is 2.53. The van der Waals surface area contributed by atoms with Crippen LogP contribution in [0.4, 0.5) is 0 Å². The number of pyridine rings is 1. The molecule has 12 heavy (non-hydrogen) atoms. The van der Waals surface area contributed by atoms with Crippen molar-refractivity contribution in [3.8, 4) is 5.88 Å². The second-order valence-electron chi connectivity index (χ2n) is 1.93. The van der Waals surface area contributed by atoms with E-state index in [2.05, 4.69) is 20.9 Å². The fraction of sp³-hybridized carbons (Fsp3) is 0.375. The van der Waals surface area contributed by atoms with Gasteiger partial charge in [-0.05, 0) is 6.04 Å². The highest BCUT2D eigenvalue weighted by atomic mass is 79.9. The van der Waals surface area contributed by atoms with Gasteiger partial charge in [0, 0.05) is 23.8 Å². The molecule has 4 heteroatoms. The average Bonchev–Trinajstić information content (AvgIpc) is 2.23. The van der Waals surface area contributed by atoms with Crippen molar-refractivity contribution in [1.29, 1.82) is 0 Å². The van der Waals surface area contributed by atoms with E-state index in [9.17, 15) is 0 Å². The smallest absolute Gasteiger partial charge is 0.214 e. The molecule has 0 saturated heterocycles. The number of hydrogen-bond donors (Lipinski definition) is 0. The van der Waals surface area contributed by atoms with Crippen LogP contribution in [0.5, 0.6) is 5.88 Å². The molecule has 1 rings (SSSR count). The Bertz CT molecular complexity index is 362. The molecular weight excluding hydrogens is 222 g/mol. The Morgan fingerprint density at radius 1 is 1.67 bits per heavy atom. The van der Waals surface area contributed by atoms with E-state index in [-0.39, 0.29) is 35.2 Å². The minimum Gasteiger partial charge on any atom is -0.475 e. The van der Waals surface area contributed by atoms with Crippen LogP contribution in [0.2, 0.25) is 0 Å². The van der Waals surface area contributed by atoms with Gasteiger partial charge in [-0.2, -0.15) is 0 Å². The maximum Gasteiger partial charge on any atom is 0.214 e. The van der Waals surface area contributed by atoms with Crippen molar-refractivity contribution in [2.75, 3.05) is 20.3 Å². The van der Waals surface area contributed by atoms with Crippen LogP contribution in [-0.4, -0.2) is 25.3 Å². The van der Waals surface area contributed by atoms with Crippen molar-refractivity contribution in [3.63, 3.8) is 0 Å². The monoisotopic (exact) mass is 234 g/mol. The van der Waals surface area contributed by atoms with Gasteiger partial charge in [0.15, 0.2) is 0 Å². The first-order valence-electron chi connectivity index (χ1n) is 4.83. The van der Waals surface area contributed by atoms with E-state index < -0.39 is 0 Å². The Balaban J connectivity index is 2.89. The fourth-order valence-corrected chi connectivity index (χ4v) is 0.829. The van der Waals surface area contributed by atoms with Gasteiger partial charge in [0.25, 0.3) is 0 Å². The maximum absolute atomic E-state index is 7.59. The summed E-state index contributed by atoms with van der Waals surface area (Å²) in [5, 5.41) is 0. The molecule has 0 aliphatic carbocycles. The predicted molar refractivity (Wildman–Crippen MR) is 49.3 cm³/mol. The highest BCUT2D eigenvalue weighted by molar-refractivity contribution is 9.10. The van der Waals surface area contributed by atoms with Crippen molar-refractivity contribution in [1.82, 2.24) is 4.98 Å². The maximum atomic E-state index is 7.59. The van der Waals surface area contributed by atoms with Gasteiger partial charge < -0.3 is 9.47 Å². The summed E-state index contributed by atoms with van der Waals surface area (Å²) >= 11 is 3.04. The second kappa shape index (κ2) is 5.11. The molecule has 0 saturated carbocycles. The van der Waals surface area contributed by atoms with Gasteiger partial charge in [0.1, 0.15) is 6.61 Å². The van der Waals surface area contributed by atoms with Crippen LogP contribution >= 0.6 is 15.9 Å². The van der Waals surface area contributed by atoms with E-state index in [1.54, 1.807) is 0 Å². The first-order chi connectivity index (χ1) is 7.07. The van der Waals surface area contributed by atoms with E-state index in [0.717, 1.165) is 0 Å². The summed E-state index contributed by atoms with van der Waals surface area (Å²) in [5.41, 5.74) is 0. The zero-order valence-corrected chi connectivity index (χ0v) is 8.14. The molecular formula is C8H10BrNO2. The molecule has 0 amide bonds. The third kappa shape index (κ3) is 3.19. The van der Waals surface area contributed by atoms with E-state index >= 15 is 0 Å². The molecule has 0 atom stereocenters. The minimum absolute atomic E-state index is 0.0212. The minimum atomic E-state index is -0.217. The Labute approximate surface area is 84.1 Å². The largest absolute Gasteiger partial charge is 0.475 e. The molecule has 1 heterocycles. The van der Waals surface area contributed by atoms with Crippen LogP contribution in [0, 0.1) is 0 Å². The van der Waals surface area contributed by atoms with Crippen LogP contribution in [0.25, 0.3) is 0 Å². The summed E-state index contributed by atoms with van der Waals surface area (Å²) in [6, 6.07) is -0.133. The molecule has 66 valence electrons. The SMILES string of the molecule is [2H]c1nc(OCCOC)c([2H])c(Br)c1[2H]. The summed E-state index contributed by atoms with van der Waals surface area (Å²) in [7, 11) is 1.54. The van der Waals surface area contributed by atoms with E-state index in [4.69, 9.17) is 13.6 Å². The number of aromatic nitrogens is 1. The summed E-state index contributed by atoms with van der Waals surface area (Å²) in [5.74, 6) is 0.0416. The van der Waals surface area contributed by atoms with Crippen molar-refractivity contribution in [2.45, 2.75) is 0 Å². The molecule has 0 aromatic carbocycles. The Morgan fingerprint density at radius 3 is 3.25 bits per heavy atom. The van der Waals surface area contributed by atoms with Crippen molar-refractivity contribution in [3.05, 3.63) is 22.7 Å². The lowest BCUT2D eigenvalue weighted by molar-refractivity contribution is 0.143. The number of hydrogen-bond acceptors (Lipinski definition) is 3. The van der Waals surface area contributed by atoms with Crippen LogP contribution in [0.3, 0.4) is 0 Å². The summed E-state index contributed by atoms with van der Waals surface area (Å²) in [4.78, 5) is 3.69. The third-order valence-electron chi connectivity index (χ3n) is 1.07. The van der Waals surface area contributed by atoms with Crippen LogP contribution in [0.1, 0.15) is 4.11 Å². The number of nitrogens with zero attached hydrogens (tertiary/aromatic N) is 1.